The van der Waals surface area contributed by atoms with E-state index < -0.39 is 16.1 Å². The van der Waals surface area contributed by atoms with Crippen molar-refractivity contribution in [1.29, 1.82) is 0 Å². The third-order valence-electron chi connectivity index (χ3n) is 5.82. The summed E-state index contributed by atoms with van der Waals surface area (Å²) in [5.74, 6) is -0.180. The molecule has 0 saturated carbocycles. The number of nitrogens with one attached hydrogen (secondary N) is 1. The summed E-state index contributed by atoms with van der Waals surface area (Å²) >= 11 is 0. The smallest absolute Gasteiger partial charge is 0.274 e. The minimum absolute atomic E-state index is 0.104. The van der Waals surface area contributed by atoms with E-state index in [2.05, 4.69) is 14.8 Å². The normalized spacial score (nSPS) is 15.4. The number of nitrogens with zero attached hydrogens (tertiary/aromatic N) is 3. The molecule has 0 spiro atoms. The zero-order chi connectivity index (χ0) is 25.1. The summed E-state index contributed by atoms with van der Waals surface area (Å²) in [6.07, 6.45) is 3.52. The molecule has 4 aromatic rings. The van der Waals surface area contributed by atoms with Crippen LogP contribution < -0.4 is 4.72 Å². The van der Waals surface area contributed by atoms with Gasteiger partial charge >= 0.3 is 0 Å². The number of aromatic hydroxyl groups is 1. The summed E-state index contributed by atoms with van der Waals surface area (Å²) in [5.41, 5.74) is 3.04. The summed E-state index contributed by atoms with van der Waals surface area (Å²) in [5, 5.41) is 16.1. The van der Waals surface area contributed by atoms with Crippen LogP contribution in [0, 0.1) is 0 Å². The van der Waals surface area contributed by atoms with E-state index in [1.165, 1.54) is 17.1 Å². The molecule has 1 atom stereocenters. The van der Waals surface area contributed by atoms with Gasteiger partial charge in [0.05, 0.1) is 16.6 Å². The number of carbonyl (C=O) groups is 1. The van der Waals surface area contributed by atoms with E-state index in [1.54, 1.807) is 85.2 Å². The maximum Gasteiger partial charge on any atom is 0.274 e. The lowest BCUT2D eigenvalue weighted by atomic mass is 9.98. The number of benzene rings is 3. The SMILES string of the molecule is O=C(c1ccncc1)N1N=C(c2ccc(NS(=O)(=O)c3ccccc3)cc2)CC1c1cccc(O)c1. The van der Waals surface area contributed by atoms with Gasteiger partial charge in [-0.25, -0.2) is 13.4 Å². The molecular formula is C27H22N4O4S. The minimum atomic E-state index is -3.71. The number of anilines is 1. The van der Waals surface area contributed by atoms with Gasteiger partial charge in [-0.05, 0) is 59.7 Å². The second-order valence-corrected chi connectivity index (χ2v) is 9.93. The highest BCUT2D eigenvalue weighted by molar-refractivity contribution is 7.92. The molecule has 0 bridgehead atoms. The van der Waals surface area contributed by atoms with Gasteiger partial charge in [0.15, 0.2) is 0 Å². The molecule has 8 nitrogen and oxygen atoms in total. The third-order valence-corrected chi connectivity index (χ3v) is 7.22. The lowest BCUT2D eigenvalue weighted by molar-refractivity contribution is 0.0711. The molecule has 2 heterocycles. The van der Waals surface area contributed by atoms with Crippen LogP contribution in [0.5, 0.6) is 5.75 Å². The Morgan fingerprint density at radius 1 is 0.917 bits per heavy atom. The summed E-state index contributed by atoms with van der Waals surface area (Å²) < 4.78 is 27.8. The van der Waals surface area contributed by atoms with Crippen LogP contribution in [0.3, 0.4) is 0 Å². The van der Waals surface area contributed by atoms with Gasteiger partial charge in [0.1, 0.15) is 5.75 Å². The maximum atomic E-state index is 13.3. The highest BCUT2D eigenvalue weighted by Crippen LogP contribution is 2.35. The molecule has 36 heavy (non-hydrogen) atoms. The number of aromatic nitrogens is 1. The van der Waals surface area contributed by atoms with Gasteiger partial charge in [0, 0.05) is 30.1 Å². The molecule has 0 saturated heterocycles. The standard InChI is InChI=1S/C27H22N4O4S/c32-23-6-4-5-21(17-23)26-18-25(29-31(26)27(33)20-13-15-28-16-14-20)19-9-11-22(12-10-19)30-36(34,35)24-7-2-1-3-8-24/h1-17,26,30,32H,18H2. The molecule has 0 radical (unpaired) electrons. The Bertz CT molecular complexity index is 1520. The number of hydrogen-bond donors (Lipinski definition) is 2. The van der Waals surface area contributed by atoms with Crippen molar-refractivity contribution in [2.45, 2.75) is 17.4 Å². The van der Waals surface area contributed by atoms with E-state index in [-0.39, 0.29) is 16.6 Å². The molecular weight excluding hydrogens is 476 g/mol. The van der Waals surface area contributed by atoms with Crippen molar-refractivity contribution >= 4 is 27.3 Å². The van der Waals surface area contributed by atoms with Crippen LogP contribution in [0.25, 0.3) is 0 Å². The number of rotatable bonds is 6. The van der Waals surface area contributed by atoms with Crippen LogP contribution >= 0.6 is 0 Å². The first-order chi connectivity index (χ1) is 17.4. The Hall–Kier alpha value is -4.50. The molecule has 9 heteroatoms. The van der Waals surface area contributed by atoms with Crippen LogP contribution in [0.1, 0.15) is 33.9 Å². The Labute approximate surface area is 208 Å². The predicted molar refractivity (Wildman–Crippen MR) is 136 cm³/mol. The molecule has 180 valence electrons. The van der Waals surface area contributed by atoms with Gasteiger partial charge in [-0.1, -0.05) is 42.5 Å². The minimum Gasteiger partial charge on any atom is -0.508 e. The number of phenolic OH excluding ortho intramolecular Hbond substituents is 1. The van der Waals surface area contributed by atoms with E-state index in [9.17, 15) is 18.3 Å². The molecule has 3 aromatic carbocycles. The van der Waals surface area contributed by atoms with Gasteiger partial charge in [0.2, 0.25) is 0 Å². The second kappa shape index (κ2) is 9.63. The van der Waals surface area contributed by atoms with Crippen molar-refractivity contribution in [2.24, 2.45) is 5.10 Å². The van der Waals surface area contributed by atoms with Gasteiger partial charge in [-0.3, -0.25) is 14.5 Å². The fraction of sp³-hybridized carbons (Fsp3) is 0.0741. The first-order valence-electron chi connectivity index (χ1n) is 11.2. The lowest BCUT2D eigenvalue weighted by Crippen LogP contribution is -2.27. The van der Waals surface area contributed by atoms with Crippen LogP contribution in [0.15, 0.2) is 113 Å². The van der Waals surface area contributed by atoms with Gasteiger partial charge in [-0.15, -0.1) is 0 Å². The maximum absolute atomic E-state index is 13.3. The molecule has 0 fully saturated rings. The van der Waals surface area contributed by atoms with Crippen molar-refractivity contribution in [3.63, 3.8) is 0 Å². The first kappa shape index (κ1) is 23.3. The fourth-order valence-electron chi connectivity index (χ4n) is 4.03. The van der Waals surface area contributed by atoms with Crippen LogP contribution in [0.2, 0.25) is 0 Å². The molecule has 1 unspecified atom stereocenters. The van der Waals surface area contributed by atoms with E-state index in [4.69, 9.17) is 0 Å². The van der Waals surface area contributed by atoms with E-state index >= 15 is 0 Å². The Kier molecular flexibility index (Phi) is 6.22. The molecule has 1 aliphatic rings. The monoisotopic (exact) mass is 498 g/mol. The lowest BCUT2D eigenvalue weighted by Gasteiger charge is -2.22. The number of sulfonamides is 1. The Morgan fingerprint density at radius 3 is 2.33 bits per heavy atom. The largest absolute Gasteiger partial charge is 0.508 e. The summed E-state index contributed by atoms with van der Waals surface area (Å²) in [4.78, 5) is 17.4. The van der Waals surface area contributed by atoms with Crippen molar-refractivity contribution in [1.82, 2.24) is 9.99 Å². The van der Waals surface area contributed by atoms with Gasteiger partial charge in [-0.2, -0.15) is 5.10 Å². The molecule has 0 aliphatic carbocycles. The number of phenols is 1. The zero-order valence-electron chi connectivity index (χ0n) is 19.0. The molecule has 2 N–H and O–H groups in total. The van der Waals surface area contributed by atoms with Gasteiger partial charge in [0.25, 0.3) is 15.9 Å². The summed E-state index contributed by atoms with van der Waals surface area (Å²) in [6.45, 7) is 0. The van der Waals surface area contributed by atoms with E-state index in [0.29, 0.717) is 23.4 Å². The number of hydrogen-bond acceptors (Lipinski definition) is 6. The molecule has 1 amide bonds. The molecule has 1 aliphatic heterocycles. The number of hydrazone groups is 1. The first-order valence-corrected chi connectivity index (χ1v) is 12.7. The fourth-order valence-corrected chi connectivity index (χ4v) is 5.11. The molecule has 1 aromatic heterocycles. The van der Waals surface area contributed by atoms with Crippen LogP contribution in [-0.4, -0.2) is 35.1 Å². The van der Waals surface area contributed by atoms with Gasteiger partial charge < -0.3 is 5.11 Å². The average Bonchev–Trinajstić information content (AvgIpc) is 3.35. The predicted octanol–water partition coefficient (Wildman–Crippen LogP) is 4.58. The third kappa shape index (κ3) is 4.82. The highest BCUT2D eigenvalue weighted by Gasteiger charge is 2.34. The van der Waals surface area contributed by atoms with E-state index in [1.807, 2.05) is 6.07 Å². The van der Waals surface area contributed by atoms with Crippen LogP contribution in [0.4, 0.5) is 5.69 Å². The van der Waals surface area contributed by atoms with Crippen molar-refractivity contribution in [3.05, 3.63) is 120 Å². The topological polar surface area (TPSA) is 112 Å². The average molecular weight is 499 g/mol. The summed E-state index contributed by atoms with van der Waals surface area (Å²) in [7, 11) is -3.71. The number of pyridine rings is 1. The van der Waals surface area contributed by atoms with Crippen molar-refractivity contribution < 1.29 is 18.3 Å². The number of carbonyl (C=O) groups excluding carboxylic acids is 1. The zero-order valence-corrected chi connectivity index (χ0v) is 19.8. The highest BCUT2D eigenvalue weighted by atomic mass is 32.2. The quantitative estimate of drug-likeness (QED) is 0.404. The Morgan fingerprint density at radius 2 is 1.64 bits per heavy atom. The molecule has 5 rings (SSSR count). The van der Waals surface area contributed by atoms with Crippen molar-refractivity contribution in [2.75, 3.05) is 4.72 Å². The Balaban J connectivity index is 1.42. The van der Waals surface area contributed by atoms with E-state index in [0.717, 1.165) is 11.1 Å². The van der Waals surface area contributed by atoms with Crippen LogP contribution in [-0.2, 0) is 10.0 Å². The van der Waals surface area contributed by atoms with Crippen molar-refractivity contribution in [3.8, 4) is 5.75 Å². The number of amides is 1. The second-order valence-electron chi connectivity index (χ2n) is 8.24. The summed E-state index contributed by atoms with van der Waals surface area (Å²) in [6, 6.07) is 24.6.